The Morgan fingerprint density at radius 1 is 1.22 bits per heavy atom. The molecule has 4 heteroatoms. The lowest BCUT2D eigenvalue weighted by Gasteiger charge is -2.58. The molecule has 2 unspecified atom stereocenters. The first kappa shape index (κ1) is 15.8. The molecule has 2 saturated carbocycles. The highest BCUT2D eigenvalue weighted by Gasteiger charge is 2.60. The second-order valence-corrected chi connectivity index (χ2v) is 8.59. The van der Waals surface area contributed by atoms with Crippen molar-refractivity contribution >= 4 is 5.78 Å². The van der Waals surface area contributed by atoms with Crippen molar-refractivity contribution in [1.29, 1.82) is 0 Å². The molecule has 0 spiro atoms. The van der Waals surface area contributed by atoms with E-state index in [-0.39, 0.29) is 23.7 Å². The first-order chi connectivity index (χ1) is 10.8. The Bertz CT molecular complexity index is 568. The number of hydrogen-bond donors (Lipinski definition) is 2. The third-order valence-corrected chi connectivity index (χ3v) is 7.65. The van der Waals surface area contributed by atoms with Crippen molar-refractivity contribution in [3.8, 4) is 0 Å². The molecule has 4 nitrogen and oxygen atoms in total. The van der Waals surface area contributed by atoms with E-state index in [2.05, 4.69) is 13.8 Å². The Hall–Kier alpha value is -0.710. The lowest BCUT2D eigenvalue weighted by molar-refractivity contribution is -0.214. The highest BCUT2D eigenvalue weighted by atomic mass is 16.5. The second kappa shape index (κ2) is 5.14. The third-order valence-electron chi connectivity index (χ3n) is 7.65. The van der Waals surface area contributed by atoms with Gasteiger partial charge in [0, 0.05) is 11.3 Å². The maximum Gasteiger partial charge on any atom is 0.171 e. The zero-order valence-corrected chi connectivity index (χ0v) is 14.3. The summed E-state index contributed by atoms with van der Waals surface area (Å²) in [4.78, 5) is 13.3. The molecule has 4 aliphatic rings. The van der Waals surface area contributed by atoms with E-state index in [1.54, 1.807) is 0 Å². The van der Waals surface area contributed by atoms with Gasteiger partial charge in [0.15, 0.2) is 5.78 Å². The van der Waals surface area contributed by atoms with E-state index < -0.39 is 17.6 Å². The second-order valence-electron chi connectivity index (χ2n) is 8.59. The van der Waals surface area contributed by atoms with E-state index in [0.29, 0.717) is 11.8 Å². The molecule has 0 amide bonds. The van der Waals surface area contributed by atoms with Crippen LogP contribution in [0.25, 0.3) is 0 Å². The Labute approximate surface area is 137 Å². The van der Waals surface area contributed by atoms with Crippen molar-refractivity contribution in [2.75, 3.05) is 6.61 Å². The van der Waals surface area contributed by atoms with Gasteiger partial charge in [-0.15, -0.1) is 0 Å². The van der Waals surface area contributed by atoms with Gasteiger partial charge in [0.2, 0.25) is 0 Å². The molecule has 2 bridgehead atoms. The average molecular weight is 320 g/mol. The Balaban J connectivity index is 1.79. The van der Waals surface area contributed by atoms with Crippen molar-refractivity contribution in [1.82, 2.24) is 0 Å². The number of carbonyl (C=O) groups is 1. The molecule has 3 fully saturated rings. The number of hydrogen-bond acceptors (Lipinski definition) is 4. The fourth-order valence-electron chi connectivity index (χ4n) is 5.79. The summed E-state index contributed by atoms with van der Waals surface area (Å²) in [5, 5.41) is 21.2. The minimum absolute atomic E-state index is 0.0257. The minimum atomic E-state index is -1.04. The summed E-state index contributed by atoms with van der Waals surface area (Å²) in [6.45, 7) is 6.84. The summed E-state index contributed by atoms with van der Waals surface area (Å²) in [7, 11) is 0. The molecule has 0 aromatic rings. The van der Waals surface area contributed by atoms with Crippen LogP contribution in [0.3, 0.4) is 0 Å². The van der Waals surface area contributed by atoms with E-state index in [0.717, 1.165) is 43.4 Å². The lowest BCUT2D eigenvalue weighted by Crippen LogP contribution is -2.62. The highest BCUT2D eigenvalue weighted by Crippen LogP contribution is 2.57. The van der Waals surface area contributed by atoms with Gasteiger partial charge in [-0.1, -0.05) is 13.8 Å². The van der Waals surface area contributed by atoms with Crippen LogP contribution in [-0.4, -0.2) is 40.9 Å². The van der Waals surface area contributed by atoms with Crippen molar-refractivity contribution in [2.24, 2.45) is 29.1 Å². The number of ketones is 1. The summed E-state index contributed by atoms with van der Waals surface area (Å²) in [5.41, 5.74) is 1.13. The summed E-state index contributed by atoms with van der Waals surface area (Å²) in [6, 6.07) is 0. The Morgan fingerprint density at radius 2 is 1.96 bits per heavy atom. The molecule has 3 aliphatic carbocycles. The van der Waals surface area contributed by atoms with Crippen LogP contribution in [0, 0.1) is 29.1 Å². The summed E-state index contributed by atoms with van der Waals surface area (Å²) < 4.78 is 5.74. The fourth-order valence-corrected chi connectivity index (χ4v) is 5.79. The van der Waals surface area contributed by atoms with Gasteiger partial charge in [0.1, 0.15) is 6.10 Å². The normalized spacial score (nSPS) is 52.9. The molecule has 2 N–H and O–H groups in total. The number of aliphatic hydroxyl groups excluding tert-OH is 2. The van der Waals surface area contributed by atoms with E-state index in [9.17, 15) is 15.0 Å². The molecular weight excluding hydrogens is 292 g/mol. The molecule has 0 aromatic heterocycles. The maximum atomic E-state index is 13.3. The van der Waals surface area contributed by atoms with Crippen LogP contribution in [0.5, 0.6) is 0 Å². The highest BCUT2D eigenvalue weighted by molar-refractivity contribution is 5.92. The monoisotopic (exact) mass is 320 g/mol. The topological polar surface area (TPSA) is 66.8 Å². The minimum Gasteiger partial charge on any atom is -0.389 e. The number of fused-ring (bicyclic) bond motifs is 5. The van der Waals surface area contributed by atoms with Crippen molar-refractivity contribution in [3.63, 3.8) is 0 Å². The van der Waals surface area contributed by atoms with Gasteiger partial charge in [-0.05, 0) is 61.5 Å². The number of carbonyl (C=O) groups excluding carboxylic acids is 1. The van der Waals surface area contributed by atoms with Crippen LogP contribution in [0.4, 0.5) is 0 Å². The molecule has 0 aromatic carbocycles. The van der Waals surface area contributed by atoms with Gasteiger partial charge in [0.25, 0.3) is 0 Å². The first-order valence-corrected chi connectivity index (χ1v) is 9.05. The predicted octanol–water partition coefficient (Wildman–Crippen LogP) is 2.08. The van der Waals surface area contributed by atoms with Crippen LogP contribution in [0.15, 0.2) is 11.1 Å². The van der Waals surface area contributed by atoms with Gasteiger partial charge < -0.3 is 14.9 Å². The quantitative estimate of drug-likeness (QED) is 0.671. The molecule has 1 aliphatic heterocycles. The summed E-state index contributed by atoms with van der Waals surface area (Å²) >= 11 is 0. The number of Topliss-reactive ketones (excluding diaryl/α,β-unsaturated/α-hetero) is 1. The zero-order chi connectivity index (χ0) is 16.5. The van der Waals surface area contributed by atoms with E-state index in [1.165, 1.54) is 0 Å². The number of ether oxygens (including phenoxy) is 1. The van der Waals surface area contributed by atoms with Gasteiger partial charge in [-0.2, -0.15) is 0 Å². The molecule has 4 rings (SSSR count). The molecular formula is C19H28O4. The molecule has 1 heterocycles. The largest absolute Gasteiger partial charge is 0.389 e. The summed E-state index contributed by atoms with van der Waals surface area (Å²) in [5.74, 6) is 1.27. The van der Waals surface area contributed by atoms with E-state index in [4.69, 9.17) is 4.74 Å². The van der Waals surface area contributed by atoms with Gasteiger partial charge in [0.05, 0.1) is 18.8 Å². The number of rotatable bonds is 0. The van der Waals surface area contributed by atoms with E-state index in [1.807, 2.05) is 6.92 Å². The third kappa shape index (κ3) is 2.04. The lowest BCUT2D eigenvalue weighted by atomic mass is 9.49. The smallest absolute Gasteiger partial charge is 0.171 e. The molecule has 0 radical (unpaired) electrons. The average Bonchev–Trinajstić information content (AvgIpc) is 2.49. The van der Waals surface area contributed by atoms with Gasteiger partial charge >= 0.3 is 0 Å². The van der Waals surface area contributed by atoms with Crippen molar-refractivity contribution < 1.29 is 19.7 Å². The maximum absolute atomic E-state index is 13.3. The van der Waals surface area contributed by atoms with Crippen molar-refractivity contribution in [3.05, 3.63) is 11.1 Å². The van der Waals surface area contributed by atoms with Crippen LogP contribution in [0.2, 0.25) is 0 Å². The standard InChI is InChI=1S/C19H28O4/c1-9-4-16-13(8-23-16)14-6-11-5-12(10(2)15(20)7-11)17(21)18(22)19(9,14)3/h9,11,13-17,20-21H,4-8H2,1-3H3/t9?,11-,13-,14+,15+,16+,17?,19-/m1/s1. The molecule has 8 atom stereocenters. The van der Waals surface area contributed by atoms with Crippen LogP contribution in [0.1, 0.15) is 46.5 Å². The van der Waals surface area contributed by atoms with Gasteiger partial charge in [-0.3, -0.25) is 4.79 Å². The van der Waals surface area contributed by atoms with E-state index >= 15 is 0 Å². The van der Waals surface area contributed by atoms with Crippen LogP contribution < -0.4 is 0 Å². The SMILES string of the molecule is CC1=C2C[C@@H](C[C@@H]1O)C[C@H]1[C@H]3CO[C@H]3CC(C)[C@@]1(C)C(=O)C2O. The Morgan fingerprint density at radius 3 is 2.61 bits per heavy atom. The molecule has 1 saturated heterocycles. The fraction of sp³-hybridized carbons (Fsp3) is 0.842. The molecule has 128 valence electrons. The predicted molar refractivity (Wildman–Crippen MR) is 85.7 cm³/mol. The van der Waals surface area contributed by atoms with Crippen molar-refractivity contribution in [2.45, 2.75) is 64.8 Å². The number of aliphatic hydroxyl groups is 2. The zero-order valence-electron chi connectivity index (χ0n) is 14.3. The summed E-state index contributed by atoms with van der Waals surface area (Å²) in [6.07, 6.45) is 2.15. The molecule has 23 heavy (non-hydrogen) atoms. The van der Waals surface area contributed by atoms with Gasteiger partial charge in [-0.25, -0.2) is 0 Å². The first-order valence-electron chi connectivity index (χ1n) is 9.05. The van der Waals surface area contributed by atoms with Crippen LogP contribution in [-0.2, 0) is 9.53 Å². The van der Waals surface area contributed by atoms with Crippen LogP contribution >= 0.6 is 0 Å². The Kier molecular flexibility index (Phi) is 3.53.